The zero-order chi connectivity index (χ0) is 8.27. The molecular weight excluding hydrogens is 144 g/mol. The molecule has 0 bridgehead atoms. The maximum absolute atomic E-state index is 4.99. The Labute approximate surface area is 65.3 Å². The summed E-state index contributed by atoms with van der Waals surface area (Å²) in [6.07, 6.45) is 0. The van der Waals surface area contributed by atoms with Crippen molar-refractivity contribution in [2.45, 2.75) is 19.8 Å². The summed E-state index contributed by atoms with van der Waals surface area (Å²) in [6, 6.07) is 1.88. The molecule has 0 fully saturated rings. The zero-order valence-electron chi connectivity index (χ0n) is 6.70. The van der Waals surface area contributed by atoms with Crippen LogP contribution in [0.25, 0.3) is 0 Å². The van der Waals surface area contributed by atoms with Crippen molar-refractivity contribution < 1.29 is 9.36 Å². The lowest BCUT2D eigenvalue weighted by Crippen LogP contribution is -2.07. The van der Waals surface area contributed by atoms with Gasteiger partial charge >= 0.3 is 0 Å². The van der Waals surface area contributed by atoms with Crippen LogP contribution in [0.2, 0.25) is 0 Å². The maximum Gasteiger partial charge on any atom is 0.142 e. The molecule has 1 unspecified atom stereocenters. The molecule has 1 aromatic rings. The molecule has 0 aromatic carbocycles. The average molecular weight is 156 g/mol. The van der Waals surface area contributed by atoms with Gasteiger partial charge in [-0.3, -0.25) is 0 Å². The lowest BCUT2D eigenvalue weighted by atomic mass is 10.1. The van der Waals surface area contributed by atoms with Crippen LogP contribution in [0.4, 0.5) is 0 Å². The molecule has 0 spiro atoms. The van der Waals surface area contributed by atoms with E-state index in [-0.39, 0.29) is 5.92 Å². The molecule has 0 radical (unpaired) electrons. The lowest BCUT2D eigenvalue weighted by molar-refractivity contribution is 0.119. The fraction of sp³-hybridized carbons (Fsp3) is 0.571. The third-order valence-corrected chi connectivity index (χ3v) is 1.48. The Morgan fingerprint density at radius 2 is 2.55 bits per heavy atom. The summed E-state index contributed by atoms with van der Waals surface area (Å²) >= 11 is 0. The Balaban J connectivity index is 2.60. The highest BCUT2D eigenvalue weighted by Gasteiger charge is 2.09. The molecule has 4 nitrogen and oxygen atoms in total. The predicted molar refractivity (Wildman–Crippen MR) is 39.8 cm³/mol. The molecule has 1 heterocycles. The van der Waals surface area contributed by atoms with E-state index in [4.69, 9.17) is 10.4 Å². The normalized spacial score (nSPS) is 13.4. The first-order valence-electron chi connectivity index (χ1n) is 3.49. The number of rotatable bonds is 3. The lowest BCUT2D eigenvalue weighted by Gasteiger charge is -2.02. The van der Waals surface area contributed by atoms with Crippen molar-refractivity contribution in [1.82, 2.24) is 5.16 Å². The standard InChI is InChI=1S/C7H12N2O2/c1-5(4-10-8)7-3-6(2)9-11-7/h3,5H,4,8H2,1-2H3. The Hall–Kier alpha value is -0.870. The smallest absolute Gasteiger partial charge is 0.142 e. The second-order valence-corrected chi connectivity index (χ2v) is 2.61. The summed E-state index contributed by atoms with van der Waals surface area (Å²) in [5, 5.41) is 3.75. The molecule has 0 aliphatic carbocycles. The molecule has 0 saturated carbocycles. The molecule has 1 rings (SSSR count). The van der Waals surface area contributed by atoms with Gasteiger partial charge in [0.25, 0.3) is 0 Å². The molecule has 1 aromatic heterocycles. The summed E-state index contributed by atoms with van der Waals surface area (Å²) in [4.78, 5) is 4.48. The van der Waals surface area contributed by atoms with Gasteiger partial charge in [0.1, 0.15) is 5.76 Å². The Kier molecular flexibility index (Phi) is 2.62. The second-order valence-electron chi connectivity index (χ2n) is 2.61. The van der Waals surface area contributed by atoms with Gasteiger partial charge in [-0.25, -0.2) is 5.90 Å². The molecular formula is C7H12N2O2. The summed E-state index contributed by atoms with van der Waals surface area (Å²) in [5.74, 6) is 5.89. The van der Waals surface area contributed by atoms with Crippen molar-refractivity contribution in [3.63, 3.8) is 0 Å². The number of nitrogens with two attached hydrogens (primary N) is 1. The van der Waals surface area contributed by atoms with Gasteiger partial charge in [0.2, 0.25) is 0 Å². The van der Waals surface area contributed by atoms with Crippen molar-refractivity contribution in [3.05, 3.63) is 17.5 Å². The van der Waals surface area contributed by atoms with Crippen LogP contribution in [0.5, 0.6) is 0 Å². The van der Waals surface area contributed by atoms with Crippen molar-refractivity contribution in [2.24, 2.45) is 5.90 Å². The van der Waals surface area contributed by atoms with Crippen LogP contribution in [0, 0.1) is 6.92 Å². The van der Waals surface area contributed by atoms with E-state index >= 15 is 0 Å². The SMILES string of the molecule is Cc1cc(C(C)CON)on1. The Bertz CT molecular complexity index is 222. The van der Waals surface area contributed by atoms with Gasteiger partial charge in [0.15, 0.2) is 0 Å². The minimum Gasteiger partial charge on any atom is -0.361 e. The topological polar surface area (TPSA) is 61.3 Å². The molecule has 1 atom stereocenters. The van der Waals surface area contributed by atoms with Gasteiger partial charge in [-0.2, -0.15) is 0 Å². The van der Waals surface area contributed by atoms with Crippen molar-refractivity contribution in [2.75, 3.05) is 6.61 Å². The summed E-state index contributed by atoms with van der Waals surface area (Å²) in [5.41, 5.74) is 0.879. The largest absolute Gasteiger partial charge is 0.361 e. The Morgan fingerprint density at radius 3 is 3.00 bits per heavy atom. The van der Waals surface area contributed by atoms with Gasteiger partial charge in [-0.1, -0.05) is 12.1 Å². The highest BCUT2D eigenvalue weighted by Crippen LogP contribution is 2.15. The fourth-order valence-electron chi connectivity index (χ4n) is 0.842. The highest BCUT2D eigenvalue weighted by molar-refractivity contribution is 5.07. The van der Waals surface area contributed by atoms with Crippen LogP contribution >= 0.6 is 0 Å². The van der Waals surface area contributed by atoms with E-state index in [1.807, 2.05) is 19.9 Å². The van der Waals surface area contributed by atoms with Crippen LogP contribution in [0.1, 0.15) is 24.3 Å². The van der Waals surface area contributed by atoms with Gasteiger partial charge < -0.3 is 9.36 Å². The van der Waals surface area contributed by atoms with Crippen molar-refractivity contribution in [1.29, 1.82) is 0 Å². The minimum atomic E-state index is 0.168. The quantitative estimate of drug-likeness (QED) is 0.662. The van der Waals surface area contributed by atoms with Gasteiger partial charge in [0.05, 0.1) is 12.3 Å². The maximum atomic E-state index is 4.99. The first kappa shape index (κ1) is 8.23. The van der Waals surface area contributed by atoms with E-state index in [1.54, 1.807) is 0 Å². The first-order chi connectivity index (χ1) is 5.24. The third kappa shape index (κ3) is 2.03. The highest BCUT2D eigenvalue weighted by atomic mass is 16.6. The number of hydrogen-bond acceptors (Lipinski definition) is 4. The fourth-order valence-corrected chi connectivity index (χ4v) is 0.842. The van der Waals surface area contributed by atoms with Crippen LogP contribution < -0.4 is 5.90 Å². The van der Waals surface area contributed by atoms with E-state index in [0.717, 1.165) is 11.5 Å². The summed E-state index contributed by atoms with van der Waals surface area (Å²) in [7, 11) is 0. The Morgan fingerprint density at radius 1 is 1.82 bits per heavy atom. The van der Waals surface area contributed by atoms with Crippen LogP contribution in [0.3, 0.4) is 0 Å². The van der Waals surface area contributed by atoms with Crippen molar-refractivity contribution in [3.8, 4) is 0 Å². The van der Waals surface area contributed by atoms with E-state index in [0.29, 0.717) is 6.61 Å². The summed E-state index contributed by atoms with van der Waals surface area (Å²) in [6.45, 7) is 4.30. The molecule has 2 N–H and O–H groups in total. The van der Waals surface area contributed by atoms with Crippen LogP contribution in [0.15, 0.2) is 10.6 Å². The molecule has 0 saturated heterocycles. The van der Waals surface area contributed by atoms with E-state index in [2.05, 4.69) is 9.99 Å². The number of hydrogen-bond donors (Lipinski definition) is 1. The zero-order valence-corrected chi connectivity index (χ0v) is 6.70. The van der Waals surface area contributed by atoms with Crippen LogP contribution in [-0.4, -0.2) is 11.8 Å². The van der Waals surface area contributed by atoms with Crippen LogP contribution in [-0.2, 0) is 4.84 Å². The number of aromatic nitrogens is 1. The van der Waals surface area contributed by atoms with E-state index in [1.165, 1.54) is 0 Å². The second kappa shape index (κ2) is 3.50. The number of nitrogens with zero attached hydrogens (tertiary/aromatic N) is 1. The molecule has 11 heavy (non-hydrogen) atoms. The minimum absolute atomic E-state index is 0.168. The van der Waals surface area contributed by atoms with E-state index < -0.39 is 0 Å². The molecule has 4 heteroatoms. The summed E-state index contributed by atoms with van der Waals surface area (Å²) < 4.78 is 4.99. The van der Waals surface area contributed by atoms with E-state index in [9.17, 15) is 0 Å². The first-order valence-corrected chi connectivity index (χ1v) is 3.49. The van der Waals surface area contributed by atoms with Crippen molar-refractivity contribution >= 4 is 0 Å². The molecule has 62 valence electrons. The monoisotopic (exact) mass is 156 g/mol. The molecule has 0 amide bonds. The average Bonchev–Trinajstić information content (AvgIpc) is 2.36. The van der Waals surface area contributed by atoms with Gasteiger partial charge in [-0.05, 0) is 6.92 Å². The predicted octanol–water partition coefficient (Wildman–Crippen LogP) is 0.977. The van der Waals surface area contributed by atoms with Gasteiger partial charge in [-0.15, -0.1) is 0 Å². The third-order valence-electron chi connectivity index (χ3n) is 1.48. The molecule has 0 aliphatic heterocycles. The molecule has 0 aliphatic rings. The number of aryl methyl sites for hydroxylation is 1. The van der Waals surface area contributed by atoms with Gasteiger partial charge in [0, 0.05) is 12.0 Å².